The minimum atomic E-state index is -0.982. The molecule has 0 saturated carbocycles. The summed E-state index contributed by atoms with van der Waals surface area (Å²) in [5, 5.41) is 8.63. The quantitative estimate of drug-likeness (QED) is 0.616. The molecule has 2 aliphatic rings. The SMILES string of the molecule is O=C(O)C1=CC2CC=NCC2O1. The smallest absolute Gasteiger partial charge is 0.370 e. The van der Waals surface area contributed by atoms with Gasteiger partial charge in [0.2, 0.25) is 5.76 Å². The van der Waals surface area contributed by atoms with Crippen molar-refractivity contribution < 1.29 is 14.6 Å². The predicted molar refractivity (Wildman–Crippen MR) is 42.1 cm³/mol. The van der Waals surface area contributed by atoms with E-state index in [0.29, 0.717) is 6.54 Å². The van der Waals surface area contributed by atoms with Crippen molar-refractivity contribution in [3.8, 4) is 0 Å². The highest BCUT2D eigenvalue weighted by Gasteiger charge is 2.32. The zero-order valence-corrected chi connectivity index (χ0v) is 6.43. The maximum absolute atomic E-state index is 10.5. The largest absolute Gasteiger partial charge is 0.481 e. The fourth-order valence-electron chi connectivity index (χ4n) is 1.48. The van der Waals surface area contributed by atoms with Gasteiger partial charge in [0.05, 0.1) is 6.54 Å². The molecule has 0 fully saturated rings. The molecule has 0 aromatic heterocycles. The Balaban J connectivity index is 2.13. The van der Waals surface area contributed by atoms with Crippen LogP contribution in [0.2, 0.25) is 0 Å². The monoisotopic (exact) mass is 167 g/mol. The summed E-state index contributed by atoms with van der Waals surface area (Å²) in [6.07, 6.45) is 4.26. The molecule has 2 unspecified atom stereocenters. The van der Waals surface area contributed by atoms with Gasteiger partial charge in [-0.2, -0.15) is 0 Å². The van der Waals surface area contributed by atoms with Crippen LogP contribution in [0.15, 0.2) is 16.8 Å². The second-order valence-corrected chi connectivity index (χ2v) is 2.94. The number of fused-ring (bicyclic) bond motifs is 1. The number of carboxylic acid groups (broad SMARTS) is 1. The lowest BCUT2D eigenvalue weighted by Crippen LogP contribution is -2.24. The van der Waals surface area contributed by atoms with Crippen LogP contribution in [-0.2, 0) is 9.53 Å². The van der Waals surface area contributed by atoms with Crippen molar-refractivity contribution in [2.75, 3.05) is 6.54 Å². The second kappa shape index (κ2) is 2.62. The van der Waals surface area contributed by atoms with Crippen LogP contribution in [-0.4, -0.2) is 29.9 Å². The van der Waals surface area contributed by atoms with Gasteiger partial charge in [-0.05, 0) is 18.7 Å². The van der Waals surface area contributed by atoms with E-state index < -0.39 is 5.97 Å². The van der Waals surface area contributed by atoms with Crippen LogP contribution in [0.25, 0.3) is 0 Å². The average Bonchev–Trinajstić information content (AvgIpc) is 2.46. The van der Waals surface area contributed by atoms with Crippen molar-refractivity contribution in [1.82, 2.24) is 0 Å². The van der Waals surface area contributed by atoms with E-state index in [0.717, 1.165) is 6.42 Å². The Morgan fingerprint density at radius 1 is 1.75 bits per heavy atom. The van der Waals surface area contributed by atoms with Crippen molar-refractivity contribution in [3.05, 3.63) is 11.8 Å². The first-order valence-corrected chi connectivity index (χ1v) is 3.87. The first-order chi connectivity index (χ1) is 5.77. The Labute approximate surface area is 69.6 Å². The Hall–Kier alpha value is -1.32. The van der Waals surface area contributed by atoms with Crippen molar-refractivity contribution in [3.63, 3.8) is 0 Å². The Kier molecular flexibility index (Phi) is 1.60. The molecule has 1 N–H and O–H groups in total. The van der Waals surface area contributed by atoms with Crippen molar-refractivity contribution in [1.29, 1.82) is 0 Å². The fourth-order valence-corrected chi connectivity index (χ4v) is 1.48. The van der Waals surface area contributed by atoms with E-state index in [1.807, 2.05) is 6.21 Å². The van der Waals surface area contributed by atoms with Gasteiger partial charge >= 0.3 is 5.97 Å². The van der Waals surface area contributed by atoms with Gasteiger partial charge in [-0.25, -0.2) is 4.79 Å². The van der Waals surface area contributed by atoms with E-state index in [9.17, 15) is 4.79 Å². The van der Waals surface area contributed by atoms with Crippen LogP contribution in [0.3, 0.4) is 0 Å². The molecule has 0 amide bonds. The molecule has 2 aliphatic heterocycles. The lowest BCUT2D eigenvalue weighted by molar-refractivity contribution is -0.137. The van der Waals surface area contributed by atoms with Gasteiger partial charge in [0, 0.05) is 5.92 Å². The van der Waals surface area contributed by atoms with Crippen LogP contribution in [0.4, 0.5) is 0 Å². The minimum absolute atomic E-state index is 0.0406. The van der Waals surface area contributed by atoms with Crippen molar-refractivity contribution in [2.45, 2.75) is 12.5 Å². The van der Waals surface area contributed by atoms with Crippen molar-refractivity contribution >= 4 is 12.2 Å². The number of rotatable bonds is 1. The number of hydrogen-bond acceptors (Lipinski definition) is 3. The van der Waals surface area contributed by atoms with Gasteiger partial charge in [0.1, 0.15) is 6.10 Å². The van der Waals surface area contributed by atoms with Gasteiger partial charge in [-0.3, -0.25) is 4.99 Å². The van der Waals surface area contributed by atoms with E-state index in [-0.39, 0.29) is 17.8 Å². The number of carboxylic acids is 1. The zero-order chi connectivity index (χ0) is 8.55. The van der Waals surface area contributed by atoms with E-state index >= 15 is 0 Å². The first-order valence-electron chi connectivity index (χ1n) is 3.87. The van der Waals surface area contributed by atoms with Gasteiger partial charge in [-0.1, -0.05) is 0 Å². The topological polar surface area (TPSA) is 58.9 Å². The standard InChI is InChI=1S/C8H9NO3/c10-8(11)6-3-5-1-2-9-4-7(5)12-6/h2-3,5,7H,1,4H2,(H,10,11). The van der Waals surface area contributed by atoms with Crippen LogP contribution < -0.4 is 0 Å². The molecule has 0 bridgehead atoms. The van der Waals surface area contributed by atoms with Crippen LogP contribution >= 0.6 is 0 Å². The number of ether oxygens (including phenoxy) is 1. The molecule has 0 aromatic rings. The van der Waals surface area contributed by atoms with E-state index in [1.54, 1.807) is 6.08 Å². The predicted octanol–water partition coefficient (Wildman–Crippen LogP) is 0.444. The van der Waals surface area contributed by atoms with Crippen LogP contribution in [0.1, 0.15) is 6.42 Å². The third-order valence-electron chi connectivity index (χ3n) is 2.12. The number of aliphatic imine (C=N–C) groups is 1. The van der Waals surface area contributed by atoms with Crippen LogP contribution in [0.5, 0.6) is 0 Å². The summed E-state index contributed by atoms with van der Waals surface area (Å²) >= 11 is 0. The highest BCUT2D eigenvalue weighted by atomic mass is 16.5. The molecule has 2 rings (SSSR count). The van der Waals surface area contributed by atoms with E-state index in [1.165, 1.54) is 0 Å². The molecule has 12 heavy (non-hydrogen) atoms. The van der Waals surface area contributed by atoms with Gasteiger partial charge < -0.3 is 9.84 Å². The van der Waals surface area contributed by atoms with Gasteiger partial charge in [-0.15, -0.1) is 0 Å². The molecule has 0 spiro atoms. The summed E-state index contributed by atoms with van der Waals surface area (Å²) in [5.74, 6) is -0.687. The Morgan fingerprint density at radius 3 is 3.25 bits per heavy atom. The third-order valence-corrected chi connectivity index (χ3v) is 2.12. The summed E-state index contributed by atoms with van der Waals surface area (Å²) in [7, 11) is 0. The average molecular weight is 167 g/mol. The number of carbonyl (C=O) groups is 1. The van der Waals surface area contributed by atoms with Gasteiger partial charge in [0.25, 0.3) is 0 Å². The zero-order valence-electron chi connectivity index (χ0n) is 6.43. The molecule has 0 saturated heterocycles. The normalized spacial score (nSPS) is 32.2. The number of aliphatic carboxylic acids is 1. The summed E-state index contributed by atoms with van der Waals surface area (Å²) in [5.41, 5.74) is 0. The Bertz CT molecular complexity index is 269. The molecule has 2 heterocycles. The minimum Gasteiger partial charge on any atom is -0.481 e. The third kappa shape index (κ3) is 1.09. The van der Waals surface area contributed by atoms with Crippen LogP contribution in [0, 0.1) is 5.92 Å². The molecule has 2 atom stereocenters. The molecule has 0 aromatic carbocycles. The van der Waals surface area contributed by atoms with Gasteiger partial charge in [0.15, 0.2) is 0 Å². The lowest BCUT2D eigenvalue weighted by atomic mass is 9.98. The summed E-state index contributed by atoms with van der Waals surface area (Å²) < 4.78 is 5.17. The summed E-state index contributed by atoms with van der Waals surface area (Å²) in [4.78, 5) is 14.5. The first kappa shape index (κ1) is 7.34. The fraction of sp³-hybridized carbons (Fsp3) is 0.500. The molecular weight excluding hydrogens is 158 g/mol. The Morgan fingerprint density at radius 2 is 2.58 bits per heavy atom. The second-order valence-electron chi connectivity index (χ2n) is 2.94. The van der Waals surface area contributed by atoms with E-state index in [2.05, 4.69) is 4.99 Å². The molecule has 0 aliphatic carbocycles. The van der Waals surface area contributed by atoms with Crippen molar-refractivity contribution in [2.24, 2.45) is 10.9 Å². The summed E-state index contributed by atoms with van der Waals surface area (Å²) in [6, 6.07) is 0. The maximum atomic E-state index is 10.5. The molecule has 0 radical (unpaired) electrons. The number of hydrogen-bond donors (Lipinski definition) is 1. The molecule has 4 heteroatoms. The lowest BCUT2D eigenvalue weighted by Gasteiger charge is -2.18. The summed E-state index contributed by atoms with van der Waals surface area (Å²) in [6.45, 7) is 0.581. The molecular formula is C8H9NO3. The highest BCUT2D eigenvalue weighted by Crippen LogP contribution is 2.27. The molecule has 4 nitrogen and oxygen atoms in total. The maximum Gasteiger partial charge on any atom is 0.370 e. The van der Waals surface area contributed by atoms with E-state index in [4.69, 9.17) is 9.84 Å². The highest BCUT2D eigenvalue weighted by molar-refractivity contribution is 5.85. The number of nitrogens with zero attached hydrogens (tertiary/aromatic N) is 1. The molecule has 64 valence electrons.